The molecule has 0 aromatic heterocycles. The van der Waals surface area contributed by atoms with Crippen LogP contribution in [0.25, 0.3) is 0 Å². The predicted octanol–water partition coefficient (Wildman–Crippen LogP) is 1.76. The summed E-state index contributed by atoms with van der Waals surface area (Å²) in [6.45, 7) is 2.68. The zero-order chi connectivity index (χ0) is 12.3. The summed E-state index contributed by atoms with van der Waals surface area (Å²) in [6.07, 6.45) is 2.02. The number of nitrogens with two attached hydrogens (primary N) is 1. The zero-order valence-corrected chi connectivity index (χ0v) is 10.2. The highest BCUT2D eigenvalue weighted by atomic mass is 19.1. The second kappa shape index (κ2) is 5.47. The van der Waals surface area contributed by atoms with Gasteiger partial charge in [-0.25, -0.2) is 4.39 Å². The molecule has 17 heavy (non-hydrogen) atoms. The molecule has 0 radical (unpaired) electrons. The van der Waals surface area contributed by atoms with Gasteiger partial charge in [0.1, 0.15) is 11.6 Å². The van der Waals surface area contributed by atoms with Crippen molar-refractivity contribution >= 4 is 0 Å². The van der Waals surface area contributed by atoms with Crippen LogP contribution < -0.4 is 10.5 Å². The SMILES string of the molecule is COc1ccc(F)cc1CN1CCC(N)CC1. The average molecular weight is 238 g/mol. The van der Waals surface area contributed by atoms with Gasteiger partial charge in [0.2, 0.25) is 0 Å². The maximum Gasteiger partial charge on any atom is 0.123 e. The largest absolute Gasteiger partial charge is 0.496 e. The lowest BCUT2D eigenvalue weighted by molar-refractivity contribution is 0.203. The van der Waals surface area contributed by atoms with Gasteiger partial charge >= 0.3 is 0 Å². The first-order valence-corrected chi connectivity index (χ1v) is 5.99. The van der Waals surface area contributed by atoms with Crippen LogP contribution in [-0.2, 0) is 6.54 Å². The molecule has 2 rings (SSSR count). The molecule has 0 amide bonds. The minimum atomic E-state index is -0.213. The van der Waals surface area contributed by atoms with Crippen LogP contribution in [0.2, 0.25) is 0 Å². The Hall–Kier alpha value is -1.13. The summed E-state index contributed by atoms with van der Waals surface area (Å²) in [7, 11) is 1.61. The third kappa shape index (κ3) is 3.17. The van der Waals surface area contributed by atoms with E-state index in [0.717, 1.165) is 43.8 Å². The molecule has 3 nitrogen and oxygen atoms in total. The summed E-state index contributed by atoms with van der Waals surface area (Å²) in [5.41, 5.74) is 6.76. The zero-order valence-electron chi connectivity index (χ0n) is 10.2. The van der Waals surface area contributed by atoms with Gasteiger partial charge in [-0.15, -0.1) is 0 Å². The normalized spacial score (nSPS) is 18.3. The predicted molar refractivity (Wildman–Crippen MR) is 65.4 cm³/mol. The molecular formula is C13H19FN2O. The van der Waals surface area contributed by atoms with E-state index in [9.17, 15) is 4.39 Å². The first-order valence-electron chi connectivity index (χ1n) is 5.99. The van der Waals surface area contributed by atoms with Crippen LogP contribution in [-0.4, -0.2) is 31.1 Å². The molecule has 1 saturated heterocycles. The van der Waals surface area contributed by atoms with Crippen molar-refractivity contribution in [2.75, 3.05) is 20.2 Å². The number of likely N-dealkylation sites (tertiary alicyclic amines) is 1. The molecule has 0 unspecified atom stereocenters. The fourth-order valence-electron chi connectivity index (χ4n) is 2.22. The van der Waals surface area contributed by atoms with Crippen LogP contribution in [0.1, 0.15) is 18.4 Å². The number of halogens is 1. The van der Waals surface area contributed by atoms with Gasteiger partial charge in [-0.3, -0.25) is 4.90 Å². The van der Waals surface area contributed by atoms with Crippen LogP contribution in [0, 0.1) is 5.82 Å². The number of rotatable bonds is 3. The monoisotopic (exact) mass is 238 g/mol. The van der Waals surface area contributed by atoms with Crippen LogP contribution in [0.5, 0.6) is 5.75 Å². The number of methoxy groups -OCH3 is 1. The number of hydrogen-bond acceptors (Lipinski definition) is 3. The van der Waals surface area contributed by atoms with E-state index in [-0.39, 0.29) is 5.82 Å². The first kappa shape index (κ1) is 12.3. The summed E-state index contributed by atoms with van der Waals surface area (Å²) in [5.74, 6) is 0.538. The lowest BCUT2D eigenvalue weighted by Crippen LogP contribution is -2.39. The summed E-state index contributed by atoms with van der Waals surface area (Å²) in [4.78, 5) is 2.29. The maximum atomic E-state index is 13.2. The fourth-order valence-corrected chi connectivity index (χ4v) is 2.22. The van der Waals surface area contributed by atoms with E-state index < -0.39 is 0 Å². The van der Waals surface area contributed by atoms with E-state index in [1.165, 1.54) is 6.07 Å². The lowest BCUT2D eigenvalue weighted by atomic mass is 10.1. The van der Waals surface area contributed by atoms with E-state index in [0.29, 0.717) is 6.04 Å². The Morgan fingerprint density at radius 2 is 2.12 bits per heavy atom. The molecule has 1 heterocycles. The molecule has 4 heteroatoms. The van der Waals surface area contributed by atoms with E-state index in [4.69, 9.17) is 10.5 Å². The summed E-state index contributed by atoms with van der Waals surface area (Å²) in [5, 5.41) is 0. The van der Waals surface area contributed by atoms with Crippen LogP contribution in [0.4, 0.5) is 4.39 Å². The number of hydrogen-bond donors (Lipinski definition) is 1. The van der Waals surface area contributed by atoms with Gasteiger partial charge in [-0.2, -0.15) is 0 Å². The Balaban J connectivity index is 2.04. The van der Waals surface area contributed by atoms with Crippen molar-refractivity contribution in [2.24, 2.45) is 5.73 Å². The molecule has 0 saturated carbocycles. The van der Waals surface area contributed by atoms with Crippen LogP contribution in [0.3, 0.4) is 0 Å². The molecule has 1 aliphatic heterocycles. The van der Waals surface area contributed by atoms with Gasteiger partial charge in [-0.1, -0.05) is 0 Å². The van der Waals surface area contributed by atoms with E-state index >= 15 is 0 Å². The molecule has 94 valence electrons. The highest BCUT2D eigenvalue weighted by Crippen LogP contribution is 2.22. The number of nitrogens with zero attached hydrogens (tertiary/aromatic N) is 1. The molecular weight excluding hydrogens is 219 g/mol. The molecule has 1 aromatic rings. The first-order chi connectivity index (χ1) is 8.19. The maximum absolute atomic E-state index is 13.2. The van der Waals surface area contributed by atoms with Gasteiger partial charge in [0.25, 0.3) is 0 Å². The number of benzene rings is 1. The molecule has 0 aliphatic carbocycles. The highest BCUT2D eigenvalue weighted by Gasteiger charge is 2.17. The van der Waals surface area contributed by atoms with Crippen LogP contribution >= 0.6 is 0 Å². The Kier molecular flexibility index (Phi) is 3.97. The Morgan fingerprint density at radius 1 is 1.41 bits per heavy atom. The van der Waals surface area contributed by atoms with Gasteiger partial charge in [0.15, 0.2) is 0 Å². The van der Waals surface area contributed by atoms with E-state index in [1.807, 2.05) is 0 Å². The third-order valence-electron chi connectivity index (χ3n) is 3.27. The topological polar surface area (TPSA) is 38.5 Å². The Bertz CT molecular complexity index is 376. The Labute approximate surface area is 101 Å². The van der Waals surface area contributed by atoms with Crippen molar-refractivity contribution in [3.63, 3.8) is 0 Å². The summed E-state index contributed by atoms with van der Waals surface area (Å²) < 4.78 is 18.5. The van der Waals surface area contributed by atoms with Gasteiger partial charge < -0.3 is 10.5 Å². The molecule has 1 aliphatic rings. The van der Waals surface area contributed by atoms with Crippen LogP contribution in [0.15, 0.2) is 18.2 Å². The quantitative estimate of drug-likeness (QED) is 0.872. The second-order valence-electron chi connectivity index (χ2n) is 4.57. The van der Waals surface area contributed by atoms with Crippen molar-refractivity contribution in [1.82, 2.24) is 4.90 Å². The van der Waals surface area contributed by atoms with Crippen molar-refractivity contribution in [3.05, 3.63) is 29.6 Å². The fraction of sp³-hybridized carbons (Fsp3) is 0.538. The molecule has 0 spiro atoms. The smallest absolute Gasteiger partial charge is 0.123 e. The minimum Gasteiger partial charge on any atom is -0.496 e. The minimum absolute atomic E-state index is 0.213. The molecule has 1 fully saturated rings. The number of piperidine rings is 1. The highest BCUT2D eigenvalue weighted by molar-refractivity contribution is 5.33. The van der Waals surface area contributed by atoms with Crippen molar-refractivity contribution in [2.45, 2.75) is 25.4 Å². The van der Waals surface area contributed by atoms with Crippen molar-refractivity contribution < 1.29 is 9.13 Å². The Morgan fingerprint density at radius 3 is 2.76 bits per heavy atom. The molecule has 0 bridgehead atoms. The van der Waals surface area contributed by atoms with Crippen molar-refractivity contribution in [1.29, 1.82) is 0 Å². The molecule has 2 N–H and O–H groups in total. The van der Waals surface area contributed by atoms with Gasteiger partial charge in [-0.05, 0) is 44.1 Å². The van der Waals surface area contributed by atoms with Gasteiger partial charge in [0, 0.05) is 18.2 Å². The van der Waals surface area contributed by atoms with Gasteiger partial charge in [0.05, 0.1) is 7.11 Å². The molecule has 0 atom stereocenters. The van der Waals surface area contributed by atoms with E-state index in [2.05, 4.69) is 4.90 Å². The second-order valence-corrected chi connectivity index (χ2v) is 4.57. The third-order valence-corrected chi connectivity index (χ3v) is 3.27. The van der Waals surface area contributed by atoms with E-state index in [1.54, 1.807) is 19.2 Å². The molecule has 1 aromatic carbocycles. The average Bonchev–Trinajstić information content (AvgIpc) is 2.32. The summed E-state index contributed by atoms with van der Waals surface area (Å²) in [6, 6.07) is 4.97. The number of ether oxygens (including phenoxy) is 1. The van der Waals surface area contributed by atoms with Crippen molar-refractivity contribution in [3.8, 4) is 5.75 Å². The standard InChI is InChI=1S/C13H19FN2O/c1-17-13-3-2-11(14)8-10(13)9-16-6-4-12(15)5-7-16/h2-3,8,12H,4-7,9,15H2,1H3. The lowest BCUT2D eigenvalue weighted by Gasteiger charge is -2.30. The summed E-state index contributed by atoms with van der Waals surface area (Å²) >= 11 is 0.